The number of amides is 2. The number of hydrogen-bond acceptors (Lipinski definition) is 4. The van der Waals surface area contributed by atoms with Crippen LogP contribution in [0.25, 0.3) is 0 Å². The lowest BCUT2D eigenvalue weighted by atomic mass is 9.72. The minimum atomic E-state index is -1.53. The number of benzene rings is 1. The first-order valence-corrected chi connectivity index (χ1v) is 10.5. The van der Waals surface area contributed by atoms with Crippen LogP contribution < -0.4 is 0 Å². The molecule has 1 aromatic rings. The molecule has 0 unspecified atom stereocenters. The van der Waals surface area contributed by atoms with E-state index in [1.807, 2.05) is 0 Å². The number of aliphatic hydroxyl groups is 1. The van der Waals surface area contributed by atoms with Gasteiger partial charge < -0.3 is 20.0 Å². The molecule has 0 saturated carbocycles. The zero-order chi connectivity index (χ0) is 21.7. The number of carboxylic acid groups (broad SMARTS) is 1. The molecule has 0 aromatic heterocycles. The molecule has 30 heavy (non-hydrogen) atoms. The summed E-state index contributed by atoms with van der Waals surface area (Å²) in [5.41, 5.74) is -0.940. The quantitative estimate of drug-likeness (QED) is 0.701. The van der Waals surface area contributed by atoms with Crippen molar-refractivity contribution < 1.29 is 29.0 Å². The first-order chi connectivity index (χ1) is 14.3. The number of hydrogen-bond donors (Lipinski definition) is 2. The van der Waals surface area contributed by atoms with E-state index in [0.29, 0.717) is 31.5 Å². The Morgan fingerprint density at radius 2 is 1.90 bits per heavy atom. The molecular weight excluding hydrogens is 391 g/mol. The molecule has 2 aliphatic rings. The summed E-state index contributed by atoms with van der Waals surface area (Å²) in [4.78, 5) is 40.1. The lowest BCUT2D eigenvalue weighted by molar-refractivity contribution is -0.166. The van der Waals surface area contributed by atoms with Crippen molar-refractivity contribution >= 4 is 17.8 Å². The number of carbonyl (C=O) groups is 3. The van der Waals surface area contributed by atoms with E-state index < -0.39 is 23.3 Å². The first-order valence-electron chi connectivity index (χ1n) is 10.5. The molecule has 8 heteroatoms. The predicted octanol–water partition coefficient (Wildman–Crippen LogP) is 1.83. The Morgan fingerprint density at radius 3 is 2.57 bits per heavy atom. The van der Waals surface area contributed by atoms with E-state index in [-0.39, 0.29) is 37.6 Å². The number of nitrogens with zero attached hydrogens (tertiary/aromatic N) is 2. The molecule has 0 radical (unpaired) electrons. The van der Waals surface area contributed by atoms with Gasteiger partial charge in [0.05, 0.1) is 6.10 Å². The molecule has 2 N–H and O–H groups in total. The molecule has 7 nitrogen and oxygen atoms in total. The number of likely N-dealkylation sites (tertiary alicyclic amines) is 2. The van der Waals surface area contributed by atoms with Crippen molar-refractivity contribution in [1.29, 1.82) is 0 Å². The normalized spacial score (nSPS) is 24.7. The number of aliphatic carboxylic acids is 1. The Balaban J connectivity index is 1.63. The summed E-state index contributed by atoms with van der Waals surface area (Å²) in [6.07, 6.45) is 2.29. The van der Waals surface area contributed by atoms with Crippen LogP contribution in [0.5, 0.6) is 0 Å². The van der Waals surface area contributed by atoms with E-state index >= 15 is 0 Å². The van der Waals surface area contributed by atoms with Crippen molar-refractivity contribution in [3.05, 3.63) is 35.6 Å². The van der Waals surface area contributed by atoms with Gasteiger partial charge in [-0.3, -0.25) is 14.4 Å². The van der Waals surface area contributed by atoms with E-state index in [1.54, 1.807) is 4.90 Å². The number of rotatable bonds is 7. The zero-order valence-electron chi connectivity index (χ0n) is 17.1. The van der Waals surface area contributed by atoms with Gasteiger partial charge in [-0.15, -0.1) is 0 Å². The number of piperidine rings is 2. The van der Waals surface area contributed by atoms with Gasteiger partial charge in [-0.25, -0.2) is 4.39 Å². The maximum Gasteiger partial charge on any atom is 0.314 e. The summed E-state index contributed by atoms with van der Waals surface area (Å²) >= 11 is 0. The van der Waals surface area contributed by atoms with Crippen LogP contribution in [0.4, 0.5) is 4.39 Å². The van der Waals surface area contributed by atoms with E-state index in [4.69, 9.17) is 0 Å². The van der Waals surface area contributed by atoms with Gasteiger partial charge in [0.25, 0.3) is 0 Å². The van der Waals surface area contributed by atoms with Crippen molar-refractivity contribution in [2.45, 2.75) is 51.0 Å². The molecular formula is C22H29FN2O5. The van der Waals surface area contributed by atoms with Gasteiger partial charge in [-0.05, 0) is 49.8 Å². The van der Waals surface area contributed by atoms with Crippen LogP contribution >= 0.6 is 0 Å². The van der Waals surface area contributed by atoms with Gasteiger partial charge in [0, 0.05) is 39.0 Å². The summed E-state index contributed by atoms with van der Waals surface area (Å²) < 4.78 is 13.2. The molecule has 0 aliphatic carbocycles. The Bertz CT molecular complexity index is 784. The average Bonchev–Trinajstić information content (AvgIpc) is 2.72. The number of carboxylic acids is 1. The average molecular weight is 420 g/mol. The summed E-state index contributed by atoms with van der Waals surface area (Å²) in [6.45, 7) is 1.45. The third kappa shape index (κ3) is 4.98. The van der Waals surface area contributed by atoms with Gasteiger partial charge in [0.1, 0.15) is 11.2 Å². The number of aliphatic hydroxyl groups excluding tert-OH is 1. The second-order valence-corrected chi connectivity index (χ2v) is 8.33. The van der Waals surface area contributed by atoms with Crippen LogP contribution in [0.3, 0.4) is 0 Å². The van der Waals surface area contributed by atoms with Crippen molar-refractivity contribution in [1.82, 2.24) is 9.80 Å². The van der Waals surface area contributed by atoms with Gasteiger partial charge in [0.15, 0.2) is 0 Å². The van der Waals surface area contributed by atoms with Crippen LogP contribution in [0, 0.1) is 11.2 Å². The third-order valence-corrected chi connectivity index (χ3v) is 6.23. The van der Waals surface area contributed by atoms with E-state index in [0.717, 1.165) is 19.4 Å². The summed E-state index contributed by atoms with van der Waals surface area (Å²) in [6, 6.07) is 5.52. The van der Waals surface area contributed by atoms with E-state index in [2.05, 4.69) is 0 Å². The Kier molecular flexibility index (Phi) is 7.07. The molecule has 2 aliphatic heterocycles. The molecule has 2 saturated heterocycles. The Hall–Kier alpha value is -2.48. The molecule has 1 aromatic carbocycles. The molecule has 0 spiro atoms. The number of halogens is 1. The minimum absolute atomic E-state index is 0.00976. The van der Waals surface area contributed by atoms with E-state index in [9.17, 15) is 29.0 Å². The highest BCUT2D eigenvalue weighted by molar-refractivity contribution is 5.81. The topological polar surface area (TPSA) is 98.2 Å². The lowest BCUT2D eigenvalue weighted by Crippen LogP contribution is -2.58. The fraction of sp³-hybridized carbons (Fsp3) is 0.591. The molecule has 2 fully saturated rings. The highest BCUT2D eigenvalue weighted by atomic mass is 19.1. The molecule has 2 amide bonds. The number of carbonyl (C=O) groups excluding carboxylic acids is 2. The van der Waals surface area contributed by atoms with Crippen molar-refractivity contribution in [3.8, 4) is 0 Å². The minimum Gasteiger partial charge on any atom is -0.481 e. The monoisotopic (exact) mass is 420 g/mol. The second-order valence-electron chi connectivity index (χ2n) is 8.33. The van der Waals surface area contributed by atoms with Crippen LogP contribution in [-0.4, -0.2) is 70.1 Å². The lowest BCUT2D eigenvalue weighted by Gasteiger charge is -2.43. The smallest absolute Gasteiger partial charge is 0.314 e. The van der Waals surface area contributed by atoms with Gasteiger partial charge in [0.2, 0.25) is 11.8 Å². The fourth-order valence-corrected chi connectivity index (χ4v) is 4.40. The maximum absolute atomic E-state index is 13.2. The summed E-state index contributed by atoms with van der Waals surface area (Å²) in [5.74, 6) is -1.64. The van der Waals surface area contributed by atoms with Crippen molar-refractivity contribution in [2.24, 2.45) is 5.41 Å². The molecule has 0 bridgehead atoms. The van der Waals surface area contributed by atoms with Crippen molar-refractivity contribution in [3.63, 3.8) is 0 Å². The highest BCUT2D eigenvalue weighted by Gasteiger charge is 2.50. The van der Waals surface area contributed by atoms with Crippen LogP contribution in [-0.2, 0) is 20.8 Å². The molecule has 164 valence electrons. The Morgan fingerprint density at radius 1 is 1.17 bits per heavy atom. The fourth-order valence-electron chi connectivity index (χ4n) is 4.40. The first kappa shape index (κ1) is 22.2. The molecule has 3 rings (SSSR count). The maximum atomic E-state index is 13.2. The highest BCUT2D eigenvalue weighted by Crippen LogP contribution is 2.35. The molecule has 2 atom stereocenters. The molecule has 2 heterocycles. The van der Waals surface area contributed by atoms with Crippen LogP contribution in [0.2, 0.25) is 0 Å². The Labute approximate surface area is 175 Å². The zero-order valence-corrected chi connectivity index (χ0v) is 17.1. The standard InChI is InChI=1S/C22H29FN2O5/c23-17-8-6-16(7-9-17)14-22(21(29)30)15-25(13-10-18(22)26)20(28)5-3-12-24-11-2-1-4-19(24)27/h6-9,18,26H,1-5,10-15H2,(H,29,30)/t18-,22+/m0/s1. The van der Waals surface area contributed by atoms with Crippen LogP contribution in [0.15, 0.2) is 24.3 Å². The summed E-state index contributed by atoms with van der Waals surface area (Å²) in [5, 5.41) is 20.5. The van der Waals surface area contributed by atoms with Gasteiger partial charge in [-0.1, -0.05) is 12.1 Å². The second kappa shape index (κ2) is 9.55. The predicted molar refractivity (Wildman–Crippen MR) is 107 cm³/mol. The largest absolute Gasteiger partial charge is 0.481 e. The van der Waals surface area contributed by atoms with Crippen molar-refractivity contribution in [2.75, 3.05) is 26.2 Å². The third-order valence-electron chi connectivity index (χ3n) is 6.23. The summed E-state index contributed by atoms with van der Waals surface area (Å²) in [7, 11) is 0. The van der Waals surface area contributed by atoms with E-state index in [1.165, 1.54) is 29.2 Å². The van der Waals surface area contributed by atoms with Crippen LogP contribution in [0.1, 0.15) is 44.1 Å². The van der Waals surface area contributed by atoms with Gasteiger partial charge >= 0.3 is 5.97 Å². The SMILES string of the molecule is O=C1CCCCN1CCCC(=O)N1CC[C@H](O)[C@](Cc2ccc(F)cc2)(C(=O)O)C1. The van der Waals surface area contributed by atoms with Gasteiger partial charge in [-0.2, -0.15) is 0 Å².